The van der Waals surface area contributed by atoms with Crippen molar-refractivity contribution in [3.8, 4) is 0 Å². The van der Waals surface area contributed by atoms with Gasteiger partial charge in [0.25, 0.3) is 0 Å². The molecule has 0 aliphatic carbocycles. The first-order valence-electron chi connectivity index (χ1n) is 6.89. The number of rotatable bonds is 2. The zero-order chi connectivity index (χ0) is 14.1. The van der Waals surface area contributed by atoms with Gasteiger partial charge < -0.3 is 0 Å². The van der Waals surface area contributed by atoms with E-state index in [9.17, 15) is 4.79 Å². The van der Waals surface area contributed by atoms with Gasteiger partial charge in [0.1, 0.15) is 0 Å². The summed E-state index contributed by atoms with van der Waals surface area (Å²) in [7, 11) is 0. The molecule has 1 aliphatic rings. The van der Waals surface area contributed by atoms with Crippen LogP contribution in [0.2, 0.25) is 0 Å². The number of urea groups is 1. The second kappa shape index (κ2) is 5.00. The van der Waals surface area contributed by atoms with Gasteiger partial charge in [0.05, 0.1) is 0 Å². The van der Waals surface area contributed by atoms with E-state index in [1.807, 2.05) is 72.2 Å². The molecule has 3 rings (SSSR count). The first-order chi connectivity index (χ1) is 9.68. The Labute approximate surface area is 119 Å². The lowest BCUT2D eigenvalue weighted by atomic mass is 10.2. The summed E-state index contributed by atoms with van der Waals surface area (Å²) in [5, 5.41) is 0. The minimum absolute atomic E-state index is 0.0635. The number of anilines is 2. The maximum absolute atomic E-state index is 12.7. The second-order valence-electron chi connectivity index (χ2n) is 5.16. The topological polar surface area (TPSA) is 23.6 Å². The quantitative estimate of drug-likeness (QED) is 0.812. The van der Waals surface area contributed by atoms with E-state index in [-0.39, 0.29) is 6.03 Å². The average Bonchev–Trinajstić information content (AvgIpc) is 2.82. The SMILES string of the molecule is Cc1ccccc1N1CCN(c2ccccc2C)C1=O. The van der Waals surface area contributed by atoms with Crippen molar-refractivity contribution < 1.29 is 4.79 Å². The highest BCUT2D eigenvalue weighted by Crippen LogP contribution is 2.28. The Morgan fingerprint density at radius 1 is 0.750 bits per heavy atom. The molecule has 2 aromatic carbocycles. The van der Waals surface area contributed by atoms with Crippen molar-refractivity contribution in [2.75, 3.05) is 22.9 Å². The number of hydrogen-bond acceptors (Lipinski definition) is 1. The molecule has 1 fully saturated rings. The standard InChI is InChI=1S/C17H18N2O/c1-13-7-3-5-9-15(13)18-11-12-19(17(18)20)16-10-6-4-8-14(16)2/h3-10H,11-12H2,1-2H3. The van der Waals surface area contributed by atoms with Crippen LogP contribution in [0.5, 0.6) is 0 Å². The molecule has 1 aliphatic heterocycles. The van der Waals surface area contributed by atoms with Crippen molar-refractivity contribution in [2.24, 2.45) is 0 Å². The van der Waals surface area contributed by atoms with Gasteiger partial charge in [-0.1, -0.05) is 36.4 Å². The summed E-state index contributed by atoms with van der Waals surface area (Å²) < 4.78 is 0. The van der Waals surface area contributed by atoms with Crippen molar-refractivity contribution >= 4 is 17.4 Å². The summed E-state index contributed by atoms with van der Waals surface area (Å²) in [6.45, 7) is 5.55. The molecule has 2 amide bonds. The average molecular weight is 266 g/mol. The summed E-state index contributed by atoms with van der Waals surface area (Å²) in [4.78, 5) is 16.4. The number of para-hydroxylation sites is 2. The normalized spacial score (nSPS) is 15.0. The summed E-state index contributed by atoms with van der Waals surface area (Å²) in [5.41, 5.74) is 4.28. The number of aryl methyl sites for hydroxylation is 2. The third-order valence-electron chi connectivity index (χ3n) is 3.82. The summed E-state index contributed by atoms with van der Waals surface area (Å²) in [5.74, 6) is 0. The van der Waals surface area contributed by atoms with Crippen LogP contribution in [0, 0.1) is 13.8 Å². The van der Waals surface area contributed by atoms with Crippen molar-refractivity contribution in [3.05, 3.63) is 59.7 Å². The Morgan fingerprint density at radius 3 is 1.55 bits per heavy atom. The molecule has 0 unspecified atom stereocenters. The van der Waals surface area contributed by atoms with Crippen LogP contribution in [-0.2, 0) is 0 Å². The van der Waals surface area contributed by atoms with E-state index in [2.05, 4.69) is 0 Å². The van der Waals surface area contributed by atoms with E-state index >= 15 is 0 Å². The second-order valence-corrected chi connectivity index (χ2v) is 5.16. The maximum atomic E-state index is 12.7. The van der Waals surface area contributed by atoms with Gasteiger partial charge in [-0.15, -0.1) is 0 Å². The molecule has 0 spiro atoms. The maximum Gasteiger partial charge on any atom is 0.329 e. The summed E-state index contributed by atoms with van der Waals surface area (Å²) in [6.07, 6.45) is 0. The van der Waals surface area contributed by atoms with Crippen LogP contribution < -0.4 is 9.80 Å². The summed E-state index contributed by atoms with van der Waals surface area (Å²) >= 11 is 0. The van der Waals surface area contributed by atoms with Crippen LogP contribution in [0.1, 0.15) is 11.1 Å². The Bertz CT molecular complexity index is 595. The van der Waals surface area contributed by atoms with Crippen molar-refractivity contribution in [1.82, 2.24) is 0 Å². The van der Waals surface area contributed by atoms with Gasteiger partial charge in [0.2, 0.25) is 0 Å². The molecular weight excluding hydrogens is 248 g/mol. The zero-order valence-corrected chi connectivity index (χ0v) is 11.8. The number of amides is 2. The third kappa shape index (κ3) is 2.05. The Hall–Kier alpha value is -2.29. The Morgan fingerprint density at radius 2 is 1.15 bits per heavy atom. The molecular formula is C17H18N2O. The Kier molecular flexibility index (Phi) is 3.18. The minimum Gasteiger partial charge on any atom is -0.292 e. The first-order valence-corrected chi connectivity index (χ1v) is 6.89. The van der Waals surface area contributed by atoms with Gasteiger partial charge >= 0.3 is 6.03 Å². The van der Waals surface area contributed by atoms with Crippen LogP contribution in [0.15, 0.2) is 48.5 Å². The van der Waals surface area contributed by atoms with Crippen LogP contribution in [-0.4, -0.2) is 19.1 Å². The van der Waals surface area contributed by atoms with E-state index in [4.69, 9.17) is 0 Å². The molecule has 1 heterocycles. The molecule has 3 nitrogen and oxygen atoms in total. The van der Waals surface area contributed by atoms with Gasteiger partial charge in [-0.05, 0) is 37.1 Å². The lowest BCUT2D eigenvalue weighted by molar-refractivity contribution is 0.256. The molecule has 3 heteroatoms. The molecule has 0 saturated carbocycles. The van der Waals surface area contributed by atoms with E-state index in [1.165, 1.54) is 0 Å². The molecule has 1 saturated heterocycles. The number of carbonyl (C=O) groups is 1. The highest BCUT2D eigenvalue weighted by Gasteiger charge is 2.31. The van der Waals surface area contributed by atoms with Crippen molar-refractivity contribution in [2.45, 2.75) is 13.8 Å². The molecule has 0 radical (unpaired) electrons. The molecule has 0 bridgehead atoms. The van der Waals surface area contributed by atoms with E-state index < -0.39 is 0 Å². The Balaban J connectivity index is 1.92. The van der Waals surface area contributed by atoms with Crippen molar-refractivity contribution in [3.63, 3.8) is 0 Å². The highest BCUT2D eigenvalue weighted by molar-refractivity contribution is 6.06. The fourth-order valence-electron chi connectivity index (χ4n) is 2.72. The lowest BCUT2D eigenvalue weighted by Gasteiger charge is -2.21. The fraction of sp³-hybridized carbons (Fsp3) is 0.235. The smallest absolute Gasteiger partial charge is 0.292 e. The highest BCUT2D eigenvalue weighted by atomic mass is 16.2. The van der Waals surface area contributed by atoms with E-state index in [0.717, 1.165) is 35.6 Å². The van der Waals surface area contributed by atoms with Crippen LogP contribution >= 0.6 is 0 Å². The van der Waals surface area contributed by atoms with Gasteiger partial charge in [-0.2, -0.15) is 0 Å². The number of carbonyl (C=O) groups excluding carboxylic acids is 1. The number of benzene rings is 2. The number of nitrogens with zero attached hydrogens (tertiary/aromatic N) is 2. The third-order valence-corrected chi connectivity index (χ3v) is 3.82. The van der Waals surface area contributed by atoms with Gasteiger partial charge in [-0.25, -0.2) is 4.79 Å². The van der Waals surface area contributed by atoms with E-state index in [0.29, 0.717) is 0 Å². The van der Waals surface area contributed by atoms with Gasteiger partial charge in [0.15, 0.2) is 0 Å². The van der Waals surface area contributed by atoms with Crippen LogP contribution in [0.3, 0.4) is 0 Å². The lowest BCUT2D eigenvalue weighted by Crippen LogP contribution is -2.32. The molecule has 0 atom stereocenters. The number of hydrogen-bond donors (Lipinski definition) is 0. The summed E-state index contributed by atoms with van der Waals surface area (Å²) in [6, 6.07) is 16.1. The molecule has 0 N–H and O–H groups in total. The zero-order valence-electron chi connectivity index (χ0n) is 11.8. The van der Waals surface area contributed by atoms with Gasteiger partial charge in [-0.3, -0.25) is 9.80 Å². The van der Waals surface area contributed by atoms with Crippen molar-refractivity contribution in [1.29, 1.82) is 0 Å². The predicted molar refractivity (Wildman–Crippen MR) is 82.4 cm³/mol. The van der Waals surface area contributed by atoms with E-state index in [1.54, 1.807) is 0 Å². The molecule has 102 valence electrons. The predicted octanol–water partition coefficient (Wildman–Crippen LogP) is 3.75. The fourth-order valence-corrected chi connectivity index (χ4v) is 2.72. The monoisotopic (exact) mass is 266 g/mol. The molecule has 20 heavy (non-hydrogen) atoms. The minimum atomic E-state index is 0.0635. The molecule has 0 aromatic heterocycles. The molecule has 2 aromatic rings. The van der Waals surface area contributed by atoms with Gasteiger partial charge in [0, 0.05) is 24.5 Å². The van der Waals surface area contributed by atoms with Crippen LogP contribution in [0.4, 0.5) is 16.2 Å². The van der Waals surface area contributed by atoms with Crippen LogP contribution in [0.25, 0.3) is 0 Å². The largest absolute Gasteiger partial charge is 0.329 e. The first kappa shape index (κ1) is 12.7.